The van der Waals surface area contributed by atoms with Gasteiger partial charge in [0.05, 0.1) is 12.1 Å². The summed E-state index contributed by atoms with van der Waals surface area (Å²) in [7, 11) is 0. The molecular weight excluding hydrogens is 336 g/mol. The van der Waals surface area contributed by atoms with Crippen LogP contribution in [0, 0.1) is 0 Å². The molecule has 2 amide bonds. The van der Waals surface area contributed by atoms with Gasteiger partial charge in [-0.15, -0.1) is 0 Å². The van der Waals surface area contributed by atoms with Crippen molar-refractivity contribution in [2.45, 2.75) is 19.0 Å². The van der Waals surface area contributed by atoms with Gasteiger partial charge in [-0.3, -0.25) is 9.59 Å². The molecule has 0 aromatic heterocycles. The molecule has 0 aliphatic rings. The molecule has 0 aliphatic carbocycles. The van der Waals surface area contributed by atoms with Gasteiger partial charge in [-0.05, 0) is 23.3 Å². The number of carbonyl (C=O) groups excluding carboxylic acids is 2. The van der Waals surface area contributed by atoms with Crippen LogP contribution in [-0.4, -0.2) is 11.8 Å². The number of hydrogen-bond donors (Lipinski definition) is 2. The lowest BCUT2D eigenvalue weighted by atomic mass is 9.92. The summed E-state index contributed by atoms with van der Waals surface area (Å²) in [6, 6.07) is 27.6. The van der Waals surface area contributed by atoms with E-state index in [0.29, 0.717) is 5.56 Å². The molecule has 2 unspecified atom stereocenters. The summed E-state index contributed by atoms with van der Waals surface area (Å²) in [6.07, 6.45) is 0. The van der Waals surface area contributed by atoms with Gasteiger partial charge in [0.2, 0.25) is 5.91 Å². The fourth-order valence-electron chi connectivity index (χ4n) is 3.07. The Morgan fingerprint density at radius 2 is 1.04 bits per heavy atom. The van der Waals surface area contributed by atoms with Crippen LogP contribution in [0.4, 0.5) is 0 Å². The number of hydrogen-bond acceptors (Lipinski definition) is 2. The first-order chi connectivity index (χ1) is 13.1. The van der Waals surface area contributed by atoms with E-state index in [1.807, 2.05) is 78.9 Å². The monoisotopic (exact) mass is 358 g/mol. The van der Waals surface area contributed by atoms with Crippen LogP contribution in [0.5, 0.6) is 0 Å². The fourth-order valence-corrected chi connectivity index (χ4v) is 3.07. The average Bonchev–Trinajstić information content (AvgIpc) is 2.72. The molecule has 27 heavy (non-hydrogen) atoms. The van der Waals surface area contributed by atoms with Gasteiger partial charge in [0.1, 0.15) is 0 Å². The molecule has 4 heteroatoms. The van der Waals surface area contributed by atoms with Crippen LogP contribution in [0.25, 0.3) is 0 Å². The van der Waals surface area contributed by atoms with E-state index in [2.05, 4.69) is 10.6 Å². The third-order valence-corrected chi connectivity index (χ3v) is 4.33. The quantitative estimate of drug-likeness (QED) is 0.699. The maximum atomic E-state index is 12.8. The third-order valence-electron chi connectivity index (χ3n) is 4.33. The van der Waals surface area contributed by atoms with Gasteiger partial charge in [0.15, 0.2) is 0 Å². The molecule has 2 atom stereocenters. The number of rotatable bonds is 6. The van der Waals surface area contributed by atoms with Crippen LogP contribution >= 0.6 is 0 Å². The molecule has 3 aromatic rings. The molecule has 0 aliphatic heterocycles. The van der Waals surface area contributed by atoms with Gasteiger partial charge in [0.25, 0.3) is 5.91 Å². The lowest BCUT2D eigenvalue weighted by Crippen LogP contribution is -2.40. The highest BCUT2D eigenvalue weighted by atomic mass is 16.2. The van der Waals surface area contributed by atoms with Crippen molar-refractivity contribution in [1.82, 2.24) is 10.6 Å². The SMILES string of the molecule is CC(=O)NC(c1ccccc1)C(NC(=O)c1ccccc1)c1ccccc1. The summed E-state index contributed by atoms with van der Waals surface area (Å²) in [6.45, 7) is 1.48. The molecule has 2 N–H and O–H groups in total. The first-order valence-corrected chi connectivity index (χ1v) is 8.88. The first-order valence-electron chi connectivity index (χ1n) is 8.88. The number of amides is 2. The molecule has 3 aromatic carbocycles. The van der Waals surface area contributed by atoms with E-state index in [9.17, 15) is 9.59 Å². The van der Waals surface area contributed by atoms with Crippen molar-refractivity contribution in [2.75, 3.05) is 0 Å². The zero-order valence-electron chi connectivity index (χ0n) is 15.1. The van der Waals surface area contributed by atoms with Crippen molar-refractivity contribution in [3.63, 3.8) is 0 Å². The molecule has 0 fully saturated rings. The lowest BCUT2D eigenvalue weighted by molar-refractivity contribution is -0.119. The first kappa shape index (κ1) is 18.4. The predicted molar refractivity (Wildman–Crippen MR) is 106 cm³/mol. The van der Waals surface area contributed by atoms with Crippen LogP contribution in [0.3, 0.4) is 0 Å². The summed E-state index contributed by atoms with van der Waals surface area (Å²) in [5, 5.41) is 6.10. The molecule has 0 spiro atoms. The number of nitrogens with one attached hydrogen (secondary N) is 2. The van der Waals surface area contributed by atoms with Crippen LogP contribution in [0.1, 0.15) is 40.5 Å². The Balaban J connectivity index is 1.99. The topological polar surface area (TPSA) is 58.2 Å². The summed E-state index contributed by atoms with van der Waals surface area (Å²) in [4.78, 5) is 24.7. The summed E-state index contributed by atoms with van der Waals surface area (Å²) < 4.78 is 0. The maximum Gasteiger partial charge on any atom is 0.251 e. The van der Waals surface area contributed by atoms with Gasteiger partial charge < -0.3 is 10.6 Å². The average molecular weight is 358 g/mol. The Hall–Kier alpha value is -3.40. The molecule has 4 nitrogen and oxygen atoms in total. The second-order valence-electron chi connectivity index (χ2n) is 6.32. The van der Waals surface area contributed by atoms with Crippen molar-refractivity contribution >= 4 is 11.8 Å². The molecule has 0 radical (unpaired) electrons. The minimum atomic E-state index is -0.412. The van der Waals surface area contributed by atoms with Crippen molar-refractivity contribution in [3.05, 3.63) is 108 Å². The normalized spacial score (nSPS) is 12.6. The van der Waals surface area contributed by atoms with E-state index in [1.165, 1.54) is 6.92 Å². The van der Waals surface area contributed by atoms with Gasteiger partial charge in [-0.2, -0.15) is 0 Å². The number of carbonyl (C=O) groups is 2. The Morgan fingerprint density at radius 3 is 1.48 bits per heavy atom. The second kappa shape index (κ2) is 8.81. The predicted octanol–water partition coefficient (Wildman–Crippen LogP) is 4.04. The molecule has 136 valence electrons. The molecule has 0 bridgehead atoms. The largest absolute Gasteiger partial charge is 0.347 e. The number of benzene rings is 3. The second-order valence-corrected chi connectivity index (χ2v) is 6.32. The summed E-state index contributed by atoms with van der Waals surface area (Å²) in [5.74, 6) is -0.338. The van der Waals surface area contributed by atoms with Gasteiger partial charge in [-0.1, -0.05) is 78.9 Å². The van der Waals surface area contributed by atoms with Crippen LogP contribution < -0.4 is 10.6 Å². The molecule has 0 heterocycles. The molecular formula is C23H22N2O2. The van der Waals surface area contributed by atoms with Crippen molar-refractivity contribution < 1.29 is 9.59 Å². The zero-order valence-corrected chi connectivity index (χ0v) is 15.1. The summed E-state index contributed by atoms with van der Waals surface area (Å²) >= 11 is 0. The van der Waals surface area contributed by atoms with E-state index in [4.69, 9.17) is 0 Å². The van der Waals surface area contributed by atoms with Gasteiger partial charge in [-0.25, -0.2) is 0 Å². The van der Waals surface area contributed by atoms with Gasteiger partial charge in [0, 0.05) is 12.5 Å². The molecule has 3 rings (SSSR count). The minimum absolute atomic E-state index is 0.154. The van der Waals surface area contributed by atoms with E-state index in [1.54, 1.807) is 12.1 Å². The highest BCUT2D eigenvalue weighted by Crippen LogP contribution is 2.29. The van der Waals surface area contributed by atoms with E-state index < -0.39 is 12.1 Å². The lowest BCUT2D eigenvalue weighted by Gasteiger charge is -2.29. The Bertz CT molecular complexity index is 880. The van der Waals surface area contributed by atoms with E-state index in [0.717, 1.165) is 11.1 Å². The highest BCUT2D eigenvalue weighted by molar-refractivity contribution is 5.94. The Labute approximate surface area is 159 Å². The van der Waals surface area contributed by atoms with Crippen LogP contribution in [0.2, 0.25) is 0 Å². The van der Waals surface area contributed by atoms with Crippen molar-refractivity contribution in [3.8, 4) is 0 Å². The van der Waals surface area contributed by atoms with E-state index in [-0.39, 0.29) is 11.8 Å². The third kappa shape index (κ3) is 4.82. The highest BCUT2D eigenvalue weighted by Gasteiger charge is 2.27. The molecule has 0 saturated heterocycles. The molecule has 0 saturated carbocycles. The fraction of sp³-hybridized carbons (Fsp3) is 0.130. The van der Waals surface area contributed by atoms with Crippen LogP contribution in [0.15, 0.2) is 91.0 Å². The standard InChI is InChI=1S/C23H22N2O2/c1-17(26)24-21(18-11-5-2-6-12-18)22(19-13-7-3-8-14-19)25-23(27)20-15-9-4-10-16-20/h2-16,21-22H,1H3,(H,24,26)(H,25,27). The summed E-state index contributed by atoms with van der Waals surface area (Å²) in [5.41, 5.74) is 2.42. The zero-order chi connectivity index (χ0) is 19.1. The Kier molecular flexibility index (Phi) is 6.00. The van der Waals surface area contributed by atoms with E-state index >= 15 is 0 Å². The van der Waals surface area contributed by atoms with Crippen LogP contribution in [-0.2, 0) is 4.79 Å². The maximum absolute atomic E-state index is 12.8. The van der Waals surface area contributed by atoms with Crippen molar-refractivity contribution in [2.24, 2.45) is 0 Å². The van der Waals surface area contributed by atoms with Gasteiger partial charge >= 0.3 is 0 Å². The smallest absolute Gasteiger partial charge is 0.251 e. The van der Waals surface area contributed by atoms with Crippen molar-refractivity contribution in [1.29, 1.82) is 0 Å². The minimum Gasteiger partial charge on any atom is -0.347 e. The Morgan fingerprint density at radius 1 is 0.630 bits per heavy atom.